The van der Waals surface area contributed by atoms with E-state index >= 15 is 0 Å². The number of hydrogen-bond acceptors (Lipinski definition) is 5. The average Bonchev–Trinajstić information content (AvgIpc) is 2.80. The molecule has 1 aliphatic rings. The molecule has 1 heterocycles. The van der Waals surface area contributed by atoms with Crippen LogP contribution in [-0.4, -0.2) is 52.6 Å². The molecule has 3 unspecified atom stereocenters. The number of amides is 1. The second kappa shape index (κ2) is 12.2. The Balaban J connectivity index is 0.00000385. The molecule has 7 nitrogen and oxygen atoms in total. The third kappa shape index (κ3) is 6.65. The first-order chi connectivity index (χ1) is 15.4. The van der Waals surface area contributed by atoms with Gasteiger partial charge in [0.15, 0.2) is 0 Å². The molecule has 33 heavy (non-hydrogen) atoms. The Labute approximate surface area is 195 Å². The first-order valence-electron chi connectivity index (χ1n) is 11.0. The van der Waals surface area contributed by atoms with Gasteiger partial charge < -0.3 is 14.7 Å². The van der Waals surface area contributed by atoms with Crippen LogP contribution in [0.1, 0.15) is 44.4 Å². The van der Waals surface area contributed by atoms with Crippen molar-refractivity contribution in [3.63, 3.8) is 0 Å². The standard InChI is InChI=1S/C25H30N2O5.CH4/c1-3-32-25(31)21(14-13-18-9-5-4-6-10-18)26-17(2)23(28)27-16-20-12-8-7-11-19(20)15-22(27)24(29)30;/h4-12,17,21-22,26H,3,13-16H2,1-2H3,(H,29,30);1H4. The second-order valence-corrected chi connectivity index (χ2v) is 8.01. The summed E-state index contributed by atoms with van der Waals surface area (Å²) in [5.41, 5.74) is 2.97. The summed E-state index contributed by atoms with van der Waals surface area (Å²) in [7, 11) is 0. The van der Waals surface area contributed by atoms with Gasteiger partial charge in [0.25, 0.3) is 0 Å². The van der Waals surface area contributed by atoms with Crippen LogP contribution in [0.4, 0.5) is 0 Å². The van der Waals surface area contributed by atoms with E-state index in [1.165, 1.54) is 4.90 Å². The zero-order valence-corrected chi connectivity index (χ0v) is 18.5. The molecule has 2 N–H and O–H groups in total. The number of esters is 1. The number of carboxylic acids is 1. The van der Waals surface area contributed by atoms with Gasteiger partial charge in [-0.3, -0.25) is 14.9 Å². The third-order valence-electron chi connectivity index (χ3n) is 5.77. The van der Waals surface area contributed by atoms with Crippen LogP contribution in [0, 0.1) is 0 Å². The lowest BCUT2D eigenvalue weighted by Gasteiger charge is -2.36. The zero-order chi connectivity index (χ0) is 23.1. The molecule has 1 aliphatic heterocycles. The van der Waals surface area contributed by atoms with Crippen LogP contribution in [0.25, 0.3) is 0 Å². The summed E-state index contributed by atoms with van der Waals surface area (Å²) in [5, 5.41) is 12.8. The topological polar surface area (TPSA) is 95.9 Å². The molecule has 0 spiro atoms. The van der Waals surface area contributed by atoms with Gasteiger partial charge >= 0.3 is 11.9 Å². The smallest absolute Gasteiger partial charge is 0.326 e. The fourth-order valence-electron chi connectivity index (χ4n) is 4.06. The molecule has 0 aromatic heterocycles. The second-order valence-electron chi connectivity index (χ2n) is 8.01. The number of aliphatic carboxylic acids is 1. The number of benzene rings is 2. The number of carboxylic acid groups (broad SMARTS) is 1. The van der Waals surface area contributed by atoms with Crippen LogP contribution in [0.2, 0.25) is 0 Å². The number of carbonyl (C=O) groups excluding carboxylic acids is 2. The van der Waals surface area contributed by atoms with E-state index in [4.69, 9.17) is 4.74 Å². The van der Waals surface area contributed by atoms with E-state index in [-0.39, 0.29) is 32.9 Å². The van der Waals surface area contributed by atoms with Gasteiger partial charge in [0, 0.05) is 13.0 Å². The molecule has 0 radical (unpaired) electrons. The van der Waals surface area contributed by atoms with Crippen molar-refractivity contribution in [2.45, 2.75) is 65.2 Å². The molecular formula is C26H34N2O5. The highest BCUT2D eigenvalue weighted by molar-refractivity contribution is 5.88. The molecule has 2 aromatic rings. The lowest BCUT2D eigenvalue weighted by Crippen LogP contribution is -2.56. The van der Waals surface area contributed by atoms with Gasteiger partial charge in [-0.05, 0) is 43.4 Å². The molecule has 0 bridgehead atoms. The van der Waals surface area contributed by atoms with Crippen LogP contribution in [0.5, 0.6) is 0 Å². The number of carbonyl (C=O) groups is 3. The van der Waals surface area contributed by atoms with E-state index in [9.17, 15) is 19.5 Å². The lowest BCUT2D eigenvalue weighted by atomic mass is 9.93. The summed E-state index contributed by atoms with van der Waals surface area (Å²) in [6.45, 7) is 3.88. The van der Waals surface area contributed by atoms with Crippen molar-refractivity contribution in [2.75, 3.05) is 6.61 Å². The van der Waals surface area contributed by atoms with E-state index in [0.29, 0.717) is 12.8 Å². The number of fused-ring (bicyclic) bond motifs is 1. The Bertz CT molecular complexity index is 947. The van der Waals surface area contributed by atoms with Crippen LogP contribution in [0.3, 0.4) is 0 Å². The molecule has 2 aromatic carbocycles. The van der Waals surface area contributed by atoms with E-state index in [2.05, 4.69) is 5.32 Å². The van der Waals surface area contributed by atoms with Crippen molar-refractivity contribution >= 4 is 17.8 Å². The molecule has 0 fully saturated rings. The molecule has 178 valence electrons. The van der Waals surface area contributed by atoms with Crippen molar-refractivity contribution < 1.29 is 24.2 Å². The van der Waals surface area contributed by atoms with E-state index in [0.717, 1.165) is 16.7 Å². The molecular weight excluding hydrogens is 420 g/mol. The predicted octanol–water partition coefficient (Wildman–Crippen LogP) is 3.20. The van der Waals surface area contributed by atoms with Crippen molar-refractivity contribution in [1.29, 1.82) is 0 Å². The van der Waals surface area contributed by atoms with Crippen LogP contribution in [0.15, 0.2) is 54.6 Å². The first kappa shape index (κ1) is 26.1. The van der Waals surface area contributed by atoms with Gasteiger partial charge in [0.05, 0.1) is 12.6 Å². The summed E-state index contributed by atoms with van der Waals surface area (Å²) < 4.78 is 5.20. The van der Waals surface area contributed by atoms with Crippen molar-refractivity contribution in [3.8, 4) is 0 Å². The third-order valence-corrected chi connectivity index (χ3v) is 5.77. The van der Waals surface area contributed by atoms with Crippen LogP contribution < -0.4 is 5.32 Å². The maximum absolute atomic E-state index is 13.3. The van der Waals surface area contributed by atoms with Gasteiger partial charge in [-0.25, -0.2) is 4.79 Å². The quantitative estimate of drug-likeness (QED) is 0.565. The van der Waals surface area contributed by atoms with Crippen molar-refractivity contribution in [1.82, 2.24) is 10.2 Å². The Hall–Kier alpha value is -3.19. The summed E-state index contributed by atoms with van der Waals surface area (Å²) in [6.07, 6.45) is 1.37. The number of hydrogen-bond donors (Lipinski definition) is 2. The Morgan fingerprint density at radius 2 is 1.73 bits per heavy atom. The summed E-state index contributed by atoms with van der Waals surface area (Å²) in [4.78, 5) is 39.1. The Kier molecular flexibility index (Phi) is 9.60. The van der Waals surface area contributed by atoms with E-state index in [1.807, 2.05) is 54.6 Å². The summed E-state index contributed by atoms with van der Waals surface area (Å²) in [5.74, 6) is -1.80. The molecule has 0 saturated carbocycles. The number of nitrogens with zero attached hydrogens (tertiary/aromatic N) is 1. The Morgan fingerprint density at radius 1 is 1.09 bits per heavy atom. The highest BCUT2D eigenvalue weighted by Gasteiger charge is 2.37. The van der Waals surface area contributed by atoms with Crippen LogP contribution in [-0.2, 0) is 38.5 Å². The van der Waals surface area contributed by atoms with Crippen LogP contribution >= 0.6 is 0 Å². The average molecular weight is 455 g/mol. The molecule has 0 aliphatic carbocycles. The monoisotopic (exact) mass is 454 g/mol. The van der Waals surface area contributed by atoms with Gasteiger partial charge in [-0.1, -0.05) is 62.0 Å². The van der Waals surface area contributed by atoms with Gasteiger partial charge in [0.2, 0.25) is 5.91 Å². The summed E-state index contributed by atoms with van der Waals surface area (Å²) in [6, 6.07) is 15.0. The summed E-state index contributed by atoms with van der Waals surface area (Å²) >= 11 is 0. The van der Waals surface area contributed by atoms with Crippen molar-refractivity contribution in [3.05, 3.63) is 71.3 Å². The molecule has 3 atom stereocenters. The van der Waals surface area contributed by atoms with Gasteiger partial charge in [-0.15, -0.1) is 0 Å². The molecule has 1 amide bonds. The maximum atomic E-state index is 13.3. The largest absolute Gasteiger partial charge is 0.480 e. The SMILES string of the molecule is C.CCOC(=O)C(CCc1ccccc1)NC(C)C(=O)N1Cc2ccccc2CC1C(=O)O. The first-order valence-corrected chi connectivity index (χ1v) is 11.0. The predicted molar refractivity (Wildman–Crippen MR) is 127 cm³/mol. The number of aryl methyl sites for hydroxylation is 1. The highest BCUT2D eigenvalue weighted by atomic mass is 16.5. The fourth-order valence-corrected chi connectivity index (χ4v) is 4.06. The zero-order valence-electron chi connectivity index (χ0n) is 18.5. The van der Waals surface area contributed by atoms with E-state index in [1.54, 1.807) is 13.8 Å². The maximum Gasteiger partial charge on any atom is 0.326 e. The van der Waals surface area contributed by atoms with Gasteiger partial charge in [0.1, 0.15) is 12.1 Å². The number of rotatable bonds is 9. The lowest BCUT2D eigenvalue weighted by molar-refractivity contribution is -0.153. The Morgan fingerprint density at radius 3 is 2.36 bits per heavy atom. The van der Waals surface area contributed by atoms with Gasteiger partial charge in [-0.2, -0.15) is 0 Å². The van der Waals surface area contributed by atoms with Crippen molar-refractivity contribution in [2.24, 2.45) is 0 Å². The minimum absolute atomic E-state index is 0. The van der Waals surface area contributed by atoms with E-state index < -0.39 is 30.1 Å². The number of ether oxygens (including phenoxy) is 1. The molecule has 0 saturated heterocycles. The normalized spacial score (nSPS) is 16.7. The number of nitrogens with one attached hydrogen (secondary N) is 1. The highest BCUT2D eigenvalue weighted by Crippen LogP contribution is 2.24. The molecule has 3 rings (SSSR count). The minimum Gasteiger partial charge on any atom is -0.480 e. The fraction of sp³-hybridized carbons (Fsp3) is 0.423. The molecule has 7 heteroatoms. The minimum atomic E-state index is -1.04.